The van der Waals surface area contributed by atoms with Crippen molar-refractivity contribution in [1.29, 1.82) is 0 Å². The summed E-state index contributed by atoms with van der Waals surface area (Å²) in [5, 5.41) is 2.79. The summed E-state index contributed by atoms with van der Waals surface area (Å²) >= 11 is 6.79. The number of carbonyl (C=O) groups excluding carboxylic acids is 1. The summed E-state index contributed by atoms with van der Waals surface area (Å²) in [6.07, 6.45) is 1.68. The topological polar surface area (TPSA) is 42.0 Å². The molecular formula is C14H12Br2N2O. The monoisotopic (exact) mass is 382 g/mol. The Labute approximate surface area is 128 Å². The fourth-order valence-corrected chi connectivity index (χ4v) is 2.05. The third-order valence-corrected chi connectivity index (χ3v) is 4.43. The number of carbonyl (C=O) groups is 1. The molecule has 0 aliphatic rings. The molecule has 98 valence electrons. The number of hydrogen-bond donors (Lipinski definition) is 1. The van der Waals surface area contributed by atoms with E-state index in [0.717, 1.165) is 20.1 Å². The number of hydrogen-bond acceptors (Lipinski definition) is 2. The van der Waals surface area contributed by atoms with E-state index in [2.05, 4.69) is 42.2 Å². The van der Waals surface area contributed by atoms with Gasteiger partial charge in [0.15, 0.2) is 0 Å². The molecule has 5 heteroatoms. The van der Waals surface area contributed by atoms with Crippen LogP contribution in [0.5, 0.6) is 0 Å². The maximum atomic E-state index is 12.1. The van der Waals surface area contributed by atoms with Crippen LogP contribution in [0.2, 0.25) is 0 Å². The Bertz CT molecular complexity index is 641. The highest BCUT2D eigenvalue weighted by Crippen LogP contribution is 2.19. The minimum absolute atomic E-state index is 0.162. The van der Waals surface area contributed by atoms with Gasteiger partial charge in [0.2, 0.25) is 0 Å². The molecule has 0 aliphatic carbocycles. The van der Waals surface area contributed by atoms with Gasteiger partial charge < -0.3 is 5.32 Å². The van der Waals surface area contributed by atoms with Crippen LogP contribution in [0.15, 0.2) is 39.4 Å². The van der Waals surface area contributed by atoms with Gasteiger partial charge in [0.1, 0.15) is 5.82 Å². The molecule has 0 saturated heterocycles. The van der Waals surface area contributed by atoms with E-state index in [9.17, 15) is 4.79 Å². The van der Waals surface area contributed by atoms with Crippen LogP contribution in [-0.2, 0) is 0 Å². The van der Waals surface area contributed by atoms with Crippen LogP contribution in [0.1, 0.15) is 21.5 Å². The zero-order valence-electron chi connectivity index (χ0n) is 10.5. The molecule has 0 fully saturated rings. The van der Waals surface area contributed by atoms with Crippen LogP contribution >= 0.6 is 31.9 Å². The highest BCUT2D eigenvalue weighted by atomic mass is 79.9. The van der Waals surface area contributed by atoms with Crippen molar-refractivity contribution >= 4 is 43.6 Å². The number of anilines is 1. The van der Waals surface area contributed by atoms with E-state index in [4.69, 9.17) is 0 Å². The Morgan fingerprint density at radius 2 is 1.79 bits per heavy atom. The van der Waals surface area contributed by atoms with Gasteiger partial charge in [-0.25, -0.2) is 4.98 Å². The van der Waals surface area contributed by atoms with Crippen LogP contribution in [0.4, 0.5) is 5.82 Å². The van der Waals surface area contributed by atoms with Gasteiger partial charge in [-0.15, -0.1) is 0 Å². The Balaban J connectivity index is 2.20. The number of aryl methyl sites for hydroxylation is 2. The summed E-state index contributed by atoms with van der Waals surface area (Å²) in [6.45, 7) is 3.90. The van der Waals surface area contributed by atoms with E-state index in [-0.39, 0.29) is 5.91 Å². The van der Waals surface area contributed by atoms with Gasteiger partial charge in [0, 0.05) is 20.7 Å². The fourth-order valence-electron chi connectivity index (χ4n) is 1.58. The number of halogens is 2. The van der Waals surface area contributed by atoms with Crippen LogP contribution in [0.25, 0.3) is 0 Å². The number of benzene rings is 1. The van der Waals surface area contributed by atoms with E-state index < -0.39 is 0 Å². The Kier molecular flexibility index (Phi) is 4.37. The van der Waals surface area contributed by atoms with Crippen molar-refractivity contribution in [3.8, 4) is 0 Å². The number of pyridine rings is 1. The van der Waals surface area contributed by atoms with Gasteiger partial charge in [-0.2, -0.15) is 0 Å². The third kappa shape index (κ3) is 3.42. The quantitative estimate of drug-likeness (QED) is 0.830. The minimum Gasteiger partial charge on any atom is -0.307 e. The average Bonchev–Trinajstić information content (AvgIpc) is 2.37. The highest BCUT2D eigenvalue weighted by Gasteiger charge is 2.08. The van der Waals surface area contributed by atoms with E-state index >= 15 is 0 Å². The van der Waals surface area contributed by atoms with Crippen molar-refractivity contribution < 1.29 is 4.79 Å². The summed E-state index contributed by atoms with van der Waals surface area (Å²) in [5.74, 6) is 0.385. The standard InChI is InChI=1S/C14H12Br2N2O/c1-8-5-10(3-4-11(8)15)14(19)18-13-6-9(2)12(16)7-17-13/h3-7H,1-2H3,(H,17,18,19). The number of aromatic nitrogens is 1. The van der Waals surface area contributed by atoms with Crippen molar-refractivity contribution in [2.24, 2.45) is 0 Å². The average molecular weight is 384 g/mol. The van der Waals surface area contributed by atoms with E-state index in [1.807, 2.05) is 32.0 Å². The third-order valence-electron chi connectivity index (χ3n) is 2.71. The zero-order valence-corrected chi connectivity index (χ0v) is 13.7. The summed E-state index contributed by atoms with van der Waals surface area (Å²) in [6, 6.07) is 7.31. The van der Waals surface area contributed by atoms with Gasteiger partial charge in [-0.05, 0) is 65.2 Å². The first kappa shape index (κ1) is 14.2. The molecule has 1 heterocycles. The number of nitrogens with zero attached hydrogens (tertiary/aromatic N) is 1. The molecule has 3 nitrogen and oxygen atoms in total. The molecular weight excluding hydrogens is 372 g/mol. The molecule has 0 radical (unpaired) electrons. The molecule has 0 aliphatic heterocycles. The lowest BCUT2D eigenvalue weighted by Crippen LogP contribution is -2.13. The van der Waals surface area contributed by atoms with Gasteiger partial charge in [-0.3, -0.25) is 4.79 Å². The van der Waals surface area contributed by atoms with Crippen molar-refractivity contribution in [1.82, 2.24) is 4.98 Å². The Hall–Kier alpha value is -1.20. The first-order valence-electron chi connectivity index (χ1n) is 5.67. The lowest BCUT2D eigenvalue weighted by Gasteiger charge is -2.07. The van der Waals surface area contributed by atoms with Gasteiger partial charge >= 0.3 is 0 Å². The van der Waals surface area contributed by atoms with Crippen molar-refractivity contribution in [2.75, 3.05) is 5.32 Å². The number of rotatable bonds is 2. The predicted molar refractivity (Wildman–Crippen MR) is 83.5 cm³/mol. The maximum absolute atomic E-state index is 12.1. The lowest BCUT2D eigenvalue weighted by molar-refractivity contribution is 0.102. The molecule has 0 spiro atoms. The molecule has 0 saturated carbocycles. The molecule has 0 atom stereocenters. The summed E-state index contributed by atoms with van der Waals surface area (Å²) in [7, 11) is 0. The molecule has 0 bridgehead atoms. The van der Waals surface area contributed by atoms with Gasteiger partial charge in [-0.1, -0.05) is 15.9 Å². The Morgan fingerprint density at radius 1 is 1.11 bits per heavy atom. The van der Waals surface area contributed by atoms with Crippen molar-refractivity contribution in [3.63, 3.8) is 0 Å². The van der Waals surface area contributed by atoms with E-state index in [1.54, 1.807) is 12.3 Å². The van der Waals surface area contributed by atoms with Crippen molar-refractivity contribution in [2.45, 2.75) is 13.8 Å². The van der Waals surface area contributed by atoms with Gasteiger partial charge in [0.25, 0.3) is 5.91 Å². The Morgan fingerprint density at radius 3 is 2.42 bits per heavy atom. The summed E-state index contributed by atoms with van der Waals surface area (Å²) in [4.78, 5) is 16.3. The molecule has 2 aromatic rings. The van der Waals surface area contributed by atoms with E-state index in [1.165, 1.54) is 0 Å². The van der Waals surface area contributed by atoms with Crippen LogP contribution < -0.4 is 5.32 Å². The summed E-state index contributed by atoms with van der Waals surface area (Å²) < 4.78 is 1.91. The second kappa shape index (κ2) is 5.84. The smallest absolute Gasteiger partial charge is 0.256 e. The first-order valence-corrected chi connectivity index (χ1v) is 7.25. The molecule has 1 N–H and O–H groups in total. The second-order valence-corrected chi connectivity index (χ2v) is 5.95. The first-order chi connectivity index (χ1) is 8.97. The SMILES string of the molecule is Cc1cc(C(=O)Nc2cc(C)c(Br)cn2)ccc1Br. The minimum atomic E-state index is -0.162. The normalized spacial score (nSPS) is 10.3. The lowest BCUT2D eigenvalue weighted by atomic mass is 10.1. The zero-order chi connectivity index (χ0) is 14.0. The highest BCUT2D eigenvalue weighted by molar-refractivity contribution is 9.10. The van der Waals surface area contributed by atoms with Crippen LogP contribution in [-0.4, -0.2) is 10.9 Å². The molecule has 1 amide bonds. The second-order valence-electron chi connectivity index (χ2n) is 4.24. The van der Waals surface area contributed by atoms with Crippen LogP contribution in [0.3, 0.4) is 0 Å². The number of amides is 1. The summed E-state index contributed by atoms with van der Waals surface area (Å²) in [5.41, 5.74) is 2.66. The molecule has 2 rings (SSSR count). The molecule has 1 aromatic carbocycles. The van der Waals surface area contributed by atoms with E-state index in [0.29, 0.717) is 11.4 Å². The van der Waals surface area contributed by atoms with Gasteiger partial charge in [0.05, 0.1) is 0 Å². The molecule has 1 aromatic heterocycles. The number of nitrogens with one attached hydrogen (secondary N) is 1. The van der Waals surface area contributed by atoms with Crippen LogP contribution in [0, 0.1) is 13.8 Å². The predicted octanol–water partition coefficient (Wildman–Crippen LogP) is 4.48. The molecule has 19 heavy (non-hydrogen) atoms. The fraction of sp³-hybridized carbons (Fsp3) is 0.143. The van der Waals surface area contributed by atoms with Crippen molar-refractivity contribution in [3.05, 3.63) is 56.1 Å². The largest absolute Gasteiger partial charge is 0.307 e. The maximum Gasteiger partial charge on any atom is 0.256 e. The molecule has 0 unspecified atom stereocenters.